The molecule has 1 aromatic rings. The lowest BCUT2D eigenvalue weighted by Crippen LogP contribution is -2.41. The van der Waals surface area contributed by atoms with Gasteiger partial charge in [-0.05, 0) is 64.9 Å². The summed E-state index contributed by atoms with van der Waals surface area (Å²) in [4.78, 5) is 12.7. The van der Waals surface area contributed by atoms with E-state index in [1.165, 1.54) is 0 Å². The Morgan fingerprint density at radius 3 is 2.11 bits per heavy atom. The molecule has 2 fully saturated rings. The highest BCUT2D eigenvalue weighted by molar-refractivity contribution is 6.62. The minimum atomic E-state index is -0.467. The first-order valence-electron chi connectivity index (χ1n) is 9.84. The Bertz CT molecular complexity index is 729. The van der Waals surface area contributed by atoms with Crippen LogP contribution in [0.3, 0.4) is 0 Å². The summed E-state index contributed by atoms with van der Waals surface area (Å²) in [7, 11) is -0.392. The first-order chi connectivity index (χ1) is 12.2. The van der Waals surface area contributed by atoms with E-state index in [4.69, 9.17) is 14.0 Å². The van der Waals surface area contributed by atoms with Gasteiger partial charge < -0.3 is 14.0 Å². The number of carbonyl (C=O) groups is 1. The second kappa shape index (κ2) is 6.08. The predicted octanol–water partition coefficient (Wildman–Crippen LogP) is 4.07. The van der Waals surface area contributed by atoms with Crippen molar-refractivity contribution >= 4 is 18.6 Å². The summed E-state index contributed by atoms with van der Waals surface area (Å²) < 4.78 is 18.0. The average Bonchev–Trinajstić information content (AvgIpc) is 2.98. The molecule has 5 heteroatoms. The van der Waals surface area contributed by atoms with Crippen molar-refractivity contribution in [3.63, 3.8) is 0 Å². The van der Waals surface area contributed by atoms with Crippen LogP contribution in [-0.4, -0.2) is 29.9 Å². The van der Waals surface area contributed by atoms with Crippen molar-refractivity contribution in [3.05, 3.63) is 29.8 Å². The fourth-order valence-corrected chi connectivity index (χ4v) is 3.94. The Kier molecular flexibility index (Phi) is 4.60. The molecule has 1 aliphatic heterocycles. The minimum absolute atomic E-state index is 0.112. The van der Waals surface area contributed by atoms with Gasteiger partial charge in [-0.3, -0.25) is 4.79 Å². The summed E-state index contributed by atoms with van der Waals surface area (Å²) in [6.45, 7) is 18.2. The van der Waals surface area contributed by atoms with Crippen molar-refractivity contribution < 1.29 is 18.8 Å². The van der Waals surface area contributed by atoms with Crippen molar-refractivity contribution in [1.82, 2.24) is 0 Å². The normalized spacial score (nSPS) is 28.1. The van der Waals surface area contributed by atoms with E-state index in [-0.39, 0.29) is 34.4 Å². The van der Waals surface area contributed by atoms with Crippen molar-refractivity contribution in [2.45, 2.75) is 85.0 Å². The summed E-state index contributed by atoms with van der Waals surface area (Å²) in [6.07, 6.45) is 0. The van der Waals surface area contributed by atoms with Gasteiger partial charge in [0.25, 0.3) is 0 Å². The zero-order chi connectivity index (χ0) is 20.4. The number of benzene rings is 1. The summed E-state index contributed by atoms with van der Waals surface area (Å²) in [5.74, 6) is -0.0847. The van der Waals surface area contributed by atoms with E-state index in [0.29, 0.717) is 0 Å². The maximum Gasteiger partial charge on any atom is 0.494 e. The Hall–Kier alpha value is -1.33. The highest BCUT2D eigenvalue weighted by Gasteiger charge is 2.63. The van der Waals surface area contributed by atoms with Crippen LogP contribution in [0.1, 0.15) is 73.8 Å². The standard InChI is InChI=1S/C22H33BO4/c1-19(2,3)25-18(24)17-16(20(17,4)5)14-11-10-12-15(13-14)23-26-21(6,7)22(8,9)27-23/h10-13,16-17H,1-9H3/t16-,17?/m0/s1. The van der Waals surface area contributed by atoms with E-state index in [1.54, 1.807) is 0 Å². The molecular weight excluding hydrogens is 339 g/mol. The third-order valence-corrected chi connectivity index (χ3v) is 6.28. The van der Waals surface area contributed by atoms with Crippen LogP contribution >= 0.6 is 0 Å². The van der Waals surface area contributed by atoms with Crippen LogP contribution in [0.2, 0.25) is 0 Å². The third-order valence-electron chi connectivity index (χ3n) is 6.28. The van der Waals surface area contributed by atoms with Gasteiger partial charge >= 0.3 is 13.1 Å². The fourth-order valence-electron chi connectivity index (χ4n) is 3.94. The zero-order valence-corrected chi connectivity index (χ0v) is 18.2. The molecule has 1 saturated heterocycles. The summed E-state index contributed by atoms with van der Waals surface area (Å²) in [5.41, 5.74) is 0.818. The van der Waals surface area contributed by atoms with Crippen LogP contribution in [0.5, 0.6) is 0 Å². The highest BCUT2D eigenvalue weighted by atomic mass is 16.7. The smallest absolute Gasteiger partial charge is 0.460 e. The average molecular weight is 372 g/mol. The molecule has 3 rings (SSSR count). The maximum atomic E-state index is 12.7. The van der Waals surface area contributed by atoms with Gasteiger partial charge in [0.1, 0.15) is 5.60 Å². The van der Waals surface area contributed by atoms with Crippen LogP contribution in [0.15, 0.2) is 24.3 Å². The molecule has 1 aliphatic carbocycles. The lowest BCUT2D eigenvalue weighted by molar-refractivity contribution is -0.157. The van der Waals surface area contributed by atoms with Crippen molar-refractivity contribution in [1.29, 1.82) is 0 Å². The van der Waals surface area contributed by atoms with E-state index in [2.05, 4.69) is 53.7 Å². The molecular formula is C22H33BO4. The maximum absolute atomic E-state index is 12.7. The molecule has 0 amide bonds. The van der Waals surface area contributed by atoms with Crippen LogP contribution in [-0.2, 0) is 18.8 Å². The summed E-state index contributed by atoms with van der Waals surface area (Å²) in [6, 6.07) is 8.27. The summed E-state index contributed by atoms with van der Waals surface area (Å²) in [5, 5.41) is 0. The van der Waals surface area contributed by atoms with Crippen molar-refractivity contribution in [3.8, 4) is 0 Å². The topological polar surface area (TPSA) is 44.8 Å². The lowest BCUT2D eigenvalue weighted by atomic mass is 9.78. The number of carbonyl (C=O) groups excluding carboxylic acids is 1. The van der Waals surface area contributed by atoms with Crippen molar-refractivity contribution in [2.24, 2.45) is 11.3 Å². The van der Waals surface area contributed by atoms with E-state index in [0.717, 1.165) is 11.0 Å². The molecule has 1 heterocycles. The Balaban J connectivity index is 1.82. The van der Waals surface area contributed by atoms with E-state index in [9.17, 15) is 4.79 Å². The molecule has 148 valence electrons. The number of rotatable bonds is 3. The van der Waals surface area contributed by atoms with Gasteiger partial charge in [0.2, 0.25) is 0 Å². The second-order valence-corrected chi connectivity index (χ2v) is 10.6. The first kappa shape index (κ1) is 20.4. The molecule has 0 bridgehead atoms. The van der Waals surface area contributed by atoms with Crippen LogP contribution < -0.4 is 5.46 Å². The van der Waals surface area contributed by atoms with Gasteiger partial charge in [-0.25, -0.2) is 0 Å². The Morgan fingerprint density at radius 2 is 1.59 bits per heavy atom. The van der Waals surface area contributed by atoms with Crippen LogP contribution in [0.25, 0.3) is 0 Å². The van der Waals surface area contributed by atoms with E-state index >= 15 is 0 Å². The SMILES string of the molecule is CC(C)(C)OC(=O)C1[C@H](c2cccc(B3OC(C)(C)C(C)(C)O3)c2)C1(C)C. The molecule has 0 aromatic heterocycles. The second-order valence-electron chi connectivity index (χ2n) is 10.6. The lowest BCUT2D eigenvalue weighted by Gasteiger charge is -2.32. The fraction of sp³-hybridized carbons (Fsp3) is 0.682. The predicted molar refractivity (Wildman–Crippen MR) is 108 cm³/mol. The Morgan fingerprint density at radius 1 is 1.04 bits per heavy atom. The molecule has 0 spiro atoms. The van der Waals surface area contributed by atoms with Crippen LogP contribution in [0.4, 0.5) is 0 Å². The number of hydrogen-bond acceptors (Lipinski definition) is 4. The molecule has 0 radical (unpaired) electrons. The van der Waals surface area contributed by atoms with Gasteiger partial charge in [-0.1, -0.05) is 38.1 Å². The van der Waals surface area contributed by atoms with E-state index < -0.39 is 12.7 Å². The van der Waals surface area contributed by atoms with Crippen molar-refractivity contribution in [2.75, 3.05) is 0 Å². The van der Waals surface area contributed by atoms with Gasteiger partial charge in [-0.2, -0.15) is 0 Å². The molecule has 1 unspecified atom stereocenters. The quantitative estimate of drug-likeness (QED) is 0.593. The largest absolute Gasteiger partial charge is 0.494 e. The Labute approximate surface area is 164 Å². The first-order valence-corrected chi connectivity index (χ1v) is 9.84. The summed E-state index contributed by atoms with van der Waals surface area (Å²) >= 11 is 0. The molecule has 2 aliphatic rings. The minimum Gasteiger partial charge on any atom is -0.460 e. The number of hydrogen-bond donors (Lipinski definition) is 0. The number of ether oxygens (including phenoxy) is 1. The van der Waals surface area contributed by atoms with Gasteiger partial charge in [-0.15, -0.1) is 0 Å². The van der Waals surface area contributed by atoms with Gasteiger partial charge in [0, 0.05) is 5.92 Å². The molecule has 27 heavy (non-hydrogen) atoms. The number of esters is 1. The third kappa shape index (κ3) is 3.69. The zero-order valence-electron chi connectivity index (χ0n) is 18.2. The molecule has 2 atom stereocenters. The molecule has 1 saturated carbocycles. The van der Waals surface area contributed by atoms with E-state index in [1.807, 2.05) is 32.9 Å². The molecule has 4 nitrogen and oxygen atoms in total. The van der Waals surface area contributed by atoms with Crippen LogP contribution in [0, 0.1) is 11.3 Å². The van der Waals surface area contributed by atoms with Gasteiger partial charge in [0.05, 0.1) is 17.1 Å². The highest BCUT2D eigenvalue weighted by Crippen LogP contribution is 2.64. The van der Waals surface area contributed by atoms with Gasteiger partial charge in [0.15, 0.2) is 0 Å². The molecule has 0 N–H and O–H groups in total. The monoisotopic (exact) mass is 372 g/mol. The molecule has 1 aromatic carbocycles.